The van der Waals surface area contributed by atoms with E-state index in [0.717, 1.165) is 11.4 Å². The molecule has 0 aliphatic carbocycles. The fourth-order valence-electron chi connectivity index (χ4n) is 2.48. The quantitative estimate of drug-likeness (QED) is 0.421. The SMILES string of the molecule is Cc1ccnc(NS(=O)(=O)c2ccc(NC(=O)CSc3nc(C)cc(C)n3)cc2)n1. The molecule has 2 N–H and O–H groups in total. The Bertz CT molecular complexity index is 1150. The number of hydrogen-bond acceptors (Lipinski definition) is 8. The lowest BCUT2D eigenvalue weighted by Gasteiger charge is -2.09. The first-order chi connectivity index (χ1) is 14.2. The van der Waals surface area contributed by atoms with Crippen molar-refractivity contribution in [2.75, 3.05) is 15.8 Å². The molecule has 2 aromatic heterocycles. The molecule has 2 heterocycles. The van der Waals surface area contributed by atoms with Crippen molar-refractivity contribution in [3.63, 3.8) is 0 Å². The number of carbonyl (C=O) groups excluding carboxylic acids is 1. The molecule has 0 aliphatic heterocycles. The van der Waals surface area contributed by atoms with Gasteiger partial charge in [-0.1, -0.05) is 11.8 Å². The van der Waals surface area contributed by atoms with Gasteiger partial charge in [0.1, 0.15) is 0 Å². The van der Waals surface area contributed by atoms with Crippen LogP contribution in [-0.2, 0) is 14.8 Å². The van der Waals surface area contributed by atoms with Crippen LogP contribution in [0.15, 0.2) is 52.6 Å². The minimum atomic E-state index is -3.84. The maximum absolute atomic E-state index is 12.5. The third-order valence-corrected chi connectivity index (χ3v) is 5.95. The van der Waals surface area contributed by atoms with Gasteiger partial charge in [-0.25, -0.2) is 33.1 Å². The van der Waals surface area contributed by atoms with E-state index >= 15 is 0 Å². The van der Waals surface area contributed by atoms with Crippen LogP contribution in [0, 0.1) is 20.8 Å². The average Bonchev–Trinajstić information content (AvgIpc) is 2.66. The predicted molar refractivity (Wildman–Crippen MR) is 115 cm³/mol. The number of amides is 1. The lowest BCUT2D eigenvalue weighted by atomic mass is 10.3. The summed E-state index contributed by atoms with van der Waals surface area (Å²) in [6, 6.07) is 9.35. The molecule has 0 radical (unpaired) electrons. The molecule has 0 fully saturated rings. The summed E-state index contributed by atoms with van der Waals surface area (Å²) in [7, 11) is -3.84. The number of thioether (sulfide) groups is 1. The van der Waals surface area contributed by atoms with Gasteiger partial charge in [0.15, 0.2) is 5.16 Å². The summed E-state index contributed by atoms with van der Waals surface area (Å²) in [5, 5.41) is 3.26. The molecule has 9 nitrogen and oxygen atoms in total. The number of rotatable bonds is 7. The first kappa shape index (κ1) is 21.7. The van der Waals surface area contributed by atoms with Gasteiger partial charge in [0, 0.05) is 29.0 Å². The first-order valence-electron chi connectivity index (χ1n) is 8.89. The van der Waals surface area contributed by atoms with Crippen molar-refractivity contribution >= 4 is 39.3 Å². The van der Waals surface area contributed by atoms with Crippen LogP contribution in [0.3, 0.4) is 0 Å². The summed E-state index contributed by atoms with van der Waals surface area (Å²) in [6.45, 7) is 5.48. The van der Waals surface area contributed by atoms with Crippen molar-refractivity contribution in [3.05, 3.63) is 59.7 Å². The molecule has 0 saturated heterocycles. The zero-order valence-electron chi connectivity index (χ0n) is 16.6. The Labute approximate surface area is 178 Å². The normalized spacial score (nSPS) is 11.2. The van der Waals surface area contributed by atoms with Crippen LogP contribution in [0.25, 0.3) is 0 Å². The summed E-state index contributed by atoms with van der Waals surface area (Å²) in [6.07, 6.45) is 1.47. The van der Waals surface area contributed by atoms with Crippen molar-refractivity contribution in [2.45, 2.75) is 30.8 Å². The summed E-state index contributed by atoms with van der Waals surface area (Å²) in [5.74, 6) is -0.113. The summed E-state index contributed by atoms with van der Waals surface area (Å²) < 4.78 is 27.3. The van der Waals surface area contributed by atoms with Gasteiger partial charge in [0.2, 0.25) is 11.9 Å². The second-order valence-corrected chi connectivity index (χ2v) is 9.05. The smallest absolute Gasteiger partial charge is 0.264 e. The van der Waals surface area contributed by atoms with Crippen LogP contribution in [0.2, 0.25) is 0 Å². The van der Waals surface area contributed by atoms with Gasteiger partial charge in [0.25, 0.3) is 10.0 Å². The number of aryl methyl sites for hydroxylation is 3. The molecule has 1 aromatic carbocycles. The zero-order chi connectivity index (χ0) is 21.7. The van der Waals surface area contributed by atoms with Gasteiger partial charge in [-0.05, 0) is 57.2 Å². The van der Waals surface area contributed by atoms with E-state index in [2.05, 4.69) is 30.0 Å². The molecule has 3 aromatic rings. The Morgan fingerprint density at radius 2 is 1.63 bits per heavy atom. The second-order valence-electron chi connectivity index (χ2n) is 6.42. The minimum Gasteiger partial charge on any atom is -0.325 e. The van der Waals surface area contributed by atoms with Crippen LogP contribution in [0.4, 0.5) is 11.6 Å². The van der Waals surface area contributed by atoms with Crippen LogP contribution >= 0.6 is 11.8 Å². The highest BCUT2D eigenvalue weighted by atomic mass is 32.2. The second kappa shape index (κ2) is 9.18. The Morgan fingerprint density at radius 1 is 0.967 bits per heavy atom. The average molecular weight is 445 g/mol. The van der Waals surface area contributed by atoms with E-state index in [-0.39, 0.29) is 22.5 Å². The Morgan fingerprint density at radius 3 is 2.27 bits per heavy atom. The zero-order valence-corrected chi connectivity index (χ0v) is 18.2. The summed E-state index contributed by atoms with van der Waals surface area (Å²) in [5.41, 5.74) is 2.80. The van der Waals surface area contributed by atoms with E-state index < -0.39 is 10.0 Å². The number of nitrogens with one attached hydrogen (secondary N) is 2. The third kappa shape index (κ3) is 5.97. The van der Waals surface area contributed by atoms with Gasteiger partial charge < -0.3 is 5.32 Å². The van der Waals surface area contributed by atoms with Gasteiger partial charge in [0.05, 0.1) is 10.6 Å². The fraction of sp³-hybridized carbons (Fsp3) is 0.211. The van der Waals surface area contributed by atoms with E-state index in [1.807, 2.05) is 19.9 Å². The van der Waals surface area contributed by atoms with Gasteiger partial charge in [-0.15, -0.1) is 0 Å². The molecule has 11 heteroatoms. The van der Waals surface area contributed by atoms with Crippen molar-refractivity contribution in [1.29, 1.82) is 0 Å². The largest absolute Gasteiger partial charge is 0.325 e. The lowest BCUT2D eigenvalue weighted by molar-refractivity contribution is -0.113. The number of hydrogen-bond donors (Lipinski definition) is 2. The number of benzene rings is 1. The molecule has 0 saturated carbocycles. The molecule has 0 unspecified atom stereocenters. The highest BCUT2D eigenvalue weighted by molar-refractivity contribution is 7.99. The molecule has 1 amide bonds. The minimum absolute atomic E-state index is 0.00184. The van der Waals surface area contributed by atoms with Gasteiger partial charge in [-0.2, -0.15) is 0 Å². The Kier molecular flexibility index (Phi) is 6.63. The van der Waals surface area contributed by atoms with E-state index in [9.17, 15) is 13.2 Å². The highest BCUT2D eigenvalue weighted by Gasteiger charge is 2.16. The first-order valence-corrected chi connectivity index (χ1v) is 11.4. The van der Waals surface area contributed by atoms with Crippen LogP contribution in [-0.4, -0.2) is 40.0 Å². The van der Waals surface area contributed by atoms with Crippen molar-refractivity contribution < 1.29 is 13.2 Å². The van der Waals surface area contributed by atoms with Gasteiger partial charge in [-0.3, -0.25) is 4.79 Å². The summed E-state index contributed by atoms with van der Waals surface area (Å²) in [4.78, 5) is 28.7. The monoisotopic (exact) mass is 444 g/mol. The van der Waals surface area contributed by atoms with E-state index in [0.29, 0.717) is 16.5 Å². The summed E-state index contributed by atoms with van der Waals surface area (Å²) >= 11 is 1.23. The molecule has 0 aliphatic rings. The lowest BCUT2D eigenvalue weighted by Crippen LogP contribution is -2.16. The molecule has 0 atom stereocenters. The molecule has 0 spiro atoms. The topological polar surface area (TPSA) is 127 Å². The molecule has 156 valence electrons. The molecular formula is C19H20N6O3S2. The Hall–Kier alpha value is -3.05. The van der Waals surface area contributed by atoms with Gasteiger partial charge >= 0.3 is 0 Å². The number of carbonyl (C=O) groups is 1. The van der Waals surface area contributed by atoms with E-state index in [1.54, 1.807) is 13.0 Å². The van der Waals surface area contributed by atoms with Crippen LogP contribution < -0.4 is 10.0 Å². The van der Waals surface area contributed by atoms with Crippen molar-refractivity contribution in [3.8, 4) is 0 Å². The fourth-order valence-corrected chi connectivity index (χ4v) is 4.18. The molecule has 3 rings (SSSR count). The standard InChI is InChI=1S/C19H20N6O3S2/c1-12-8-9-20-18(21-12)25-30(27,28)16-6-4-15(5-7-16)24-17(26)11-29-19-22-13(2)10-14(3)23-19/h4-10H,11H2,1-3H3,(H,24,26)(H,20,21,25). The number of anilines is 2. The highest BCUT2D eigenvalue weighted by Crippen LogP contribution is 2.18. The number of aromatic nitrogens is 4. The van der Waals surface area contributed by atoms with Crippen LogP contribution in [0.5, 0.6) is 0 Å². The van der Waals surface area contributed by atoms with E-state index in [4.69, 9.17) is 0 Å². The number of sulfonamides is 1. The van der Waals surface area contributed by atoms with Crippen LogP contribution in [0.1, 0.15) is 17.1 Å². The maximum atomic E-state index is 12.5. The molecular weight excluding hydrogens is 424 g/mol. The third-order valence-electron chi connectivity index (χ3n) is 3.76. The molecule has 30 heavy (non-hydrogen) atoms. The van der Waals surface area contributed by atoms with Crippen molar-refractivity contribution in [2.24, 2.45) is 0 Å². The van der Waals surface area contributed by atoms with Crippen molar-refractivity contribution in [1.82, 2.24) is 19.9 Å². The predicted octanol–water partition coefficient (Wildman–Crippen LogP) is 2.72. The van der Waals surface area contributed by atoms with E-state index in [1.165, 1.54) is 42.2 Å². The Balaban J connectivity index is 1.60. The maximum Gasteiger partial charge on any atom is 0.264 e. The molecule has 0 bridgehead atoms. The number of nitrogens with zero attached hydrogens (tertiary/aromatic N) is 4.